The van der Waals surface area contributed by atoms with Gasteiger partial charge in [-0.25, -0.2) is 0 Å². The van der Waals surface area contributed by atoms with Crippen LogP contribution in [0, 0.1) is 6.92 Å². The minimum absolute atomic E-state index is 0.116. The summed E-state index contributed by atoms with van der Waals surface area (Å²) < 4.78 is 3.15. The van der Waals surface area contributed by atoms with Crippen molar-refractivity contribution in [1.29, 1.82) is 0 Å². The Labute approximate surface area is 130 Å². The summed E-state index contributed by atoms with van der Waals surface area (Å²) in [5, 5.41) is 0. The molecule has 0 spiro atoms. The van der Waals surface area contributed by atoms with Crippen molar-refractivity contribution in [3.63, 3.8) is 0 Å². The lowest BCUT2D eigenvalue weighted by Crippen LogP contribution is -2.11. The fourth-order valence-electron chi connectivity index (χ4n) is 1.61. The van der Waals surface area contributed by atoms with Crippen LogP contribution in [0.25, 0.3) is 0 Å². The molecule has 0 radical (unpaired) electrons. The molecule has 0 fully saturated rings. The SMILES string of the molecule is Cc1cc(Br)c(C(N)c2cc(Br)ccc2Br)s1. The molecule has 0 bridgehead atoms. The second-order valence-electron chi connectivity index (χ2n) is 3.71. The highest BCUT2D eigenvalue weighted by Crippen LogP contribution is 2.37. The van der Waals surface area contributed by atoms with Crippen molar-refractivity contribution >= 4 is 59.1 Å². The summed E-state index contributed by atoms with van der Waals surface area (Å²) in [7, 11) is 0. The summed E-state index contributed by atoms with van der Waals surface area (Å²) in [4.78, 5) is 2.41. The largest absolute Gasteiger partial charge is 0.320 e. The van der Waals surface area contributed by atoms with Crippen molar-refractivity contribution in [2.45, 2.75) is 13.0 Å². The van der Waals surface area contributed by atoms with Crippen molar-refractivity contribution in [3.05, 3.63) is 53.0 Å². The molecule has 0 saturated carbocycles. The summed E-state index contributed by atoms with van der Waals surface area (Å²) in [5.41, 5.74) is 7.41. The highest BCUT2D eigenvalue weighted by molar-refractivity contribution is 9.11. The first-order valence-electron chi connectivity index (χ1n) is 4.95. The van der Waals surface area contributed by atoms with Gasteiger partial charge in [0.15, 0.2) is 0 Å². The van der Waals surface area contributed by atoms with E-state index < -0.39 is 0 Å². The fourth-order valence-corrected chi connectivity index (χ4v) is 4.40. The van der Waals surface area contributed by atoms with E-state index in [1.54, 1.807) is 11.3 Å². The van der Waals surface area contributed by atoms with Crippen LogP contribution in [-0.4, -0.2) is 0 Å². The van der Waals surface area contributed by atoms with E-state index in [0.717, 1.165) is 23.9 Å². The molecule has 1 aromatic heterocycles. The Hall–Kier alpha value is 0.320. The third-order valence-corrected chi connectivity index (χ3v) is 5.68. The van der Waals surface area contributed by atoms with Crippen LogP contribution in [0.3, 0.4) is 0 Å². The van der Waals surface area contributed by atoms with E-state index in [-0.39, 0.29) is 6.04 Å². The van der Waals surface area contributed by atoms with E-state index in [1.807, 2.05) is 12.1 Å². The monoisotopic (exact) mass is 437 g/mol. The molecule has 0 saturated heterocycles. The van der Waals surface area contributed by atoms with Crippen molar-refractivity contribution in [2.24, 2.45) is 5.73 Å². The molecule has 0 amide bonds. The predicted molar refractivity (Wildman–Crippen MR) is 84.6 cm³/mol. The molecule has 1 nitrogen and oxygen atoms in total. The summed E-state index contributed by atoms with van der Waals surface area (Å²) in [6.07, 6.45) is 0. The first-order chi connectivity index (χ1) is 7.99. The number of hydrogen-bond acceptors (Lipinski definition) is 2. The molecule has 2 N–H and O–H groups in total. The predicted octanol–water partition coefficient (Wildman–Crippen LogP) is 5.39. The van der Waals surface area contributed by atoms with Crippen LogP contribution in [0.1, 0.15) is 21.4 Å². The van der Waals surface area contributed by atoms with Gasteiger partial charge in [-0.3, -0.25) is 0 Å². The topological polar surface area (TPSA) is 26.0 Å². The van der Waals surface area contributed by atoms with Gasteiger partial charge in [-0.15, -0.1) is 11.3 Å². The van der Waals surface area contributed by atoms with Crippen LogP contribution in [0.4, 0.5) is 0 Å². The Morgan fingerprint density at radius 1 is 1.12 bits per heavy atom. The molecular weight excluding hydrogens is 430 g/mol. The molecule has 17 heavy (non-hydrogen) atoms. The first kappa shape index (κ1) is 13.7. The molecule has 2 aromatic rings. The van der Waals surface area contributed by atoms with Gasteiger partial charge in [0.1, 0.15) is 0 Å². The Bertz CT molecular complexity index is 551. The molecule has 1 atom stereocenters. The third kappa shape index (κ3) is 3.01. The molecule has 0 aliphatic carbocycles. The van der Waals surface area contributed by atoms with Crippen molar-refractivity contribution in [1.82, 2.24) is 0 Å². The van der Waals surface area contributed by atoms with Crippen molar-refractivity contribution in [2.75, 3.05) is 0 Å². The second kappa shape index (κ2) is 5.53. The van der Waals surface area contributed by atoms with Crippen molar-refractivity contribution in [3.8, 4) is 0 Å². The zero-order valence-electron chi connectivity index (χ0n) is 9.01. The number of hydrogen-bond donors (Lipinski definition) is 1. The zero-order chi connectivity index (χ0) is 12.6. The van der Waals surface area contributed by atoms with Gasteiger partial charge < -0.3 is 5.73 Å². The zero-order valence-corrected chi connectivity index (χ0v) is 14.6. The van der Waals surface area contributed by atoms with Crippen LogP contribution in [-0.2, 0) is 0 Å². The minimum Gasteiger partial charge on any atom is -0.320 e. The third-order valence-electron chi connectivity index (χ3n) is 2.41. The summed E-state index contributed by atoms with van der Waals surface area (Å²) >= 11 is 12.3. The van der Waals surface area contributed by atoms with Gasteiger partial charge in [-0.05, 0) is 52.7 Å². The van der Waals surface area contributed by atoms with Crippen molar-refractivity contribution < 1.29 is 0 Å². The molecule has 0 aliphatic heterocycles. The second-order valence-corrected chi connectivity index (χ2v) is 7.62. The number of rotatable bonds is 2. The Balaban J connectivity index is 2.46. The Kier molecular flexibility index (Phi) is 4.47. The standard InChI is InChI=1S/C12H10Br3NS/c1-6-4-10(15)12(17-6)11(16)8-5-7(13)2-3-9(8)14/h2-5,11H,16H2,1H3. The average Bonchev–Trinajstić information content (AvgIpc) is 2.60. The van der Waals surface area contributed by atoms with E-state index in [4.69, 9.17) is 5.73 Å². The number of thiophene rings is 1. The summed E-state index contributed by atoms with van der Waals surface area (Å²) in [6, 6.07) is 8.04. The van der Waals surface area contributed by atoms with E-state index >= 15 is 0 Å². The van der Waals surface area contributed by atoms with Gasteiger partial charge in [0.2, 0.25) is 0 Å². The maximum atomic E-state index is 6.33. The molecule has 1 heterocycles. The number of benzene rings is 1. The highest BCUT2D eigenvalue weighted by atomic mass is 79.9. The summed E-state index contributed by atoms with van der Waals surface area (Å²) in [6.45, 7) is 2.08. The van der Waals surface area contributed by atoms with Crippen LogP contribution in [0.2, 0.25) is 0 Å². The van der Waals surface area contributed by atoms with Crippen LogP contribution >= 0.6 is 59.1 Å². The van der Waals surface area contributed by atoms with E-state index in [9.17, 15) is 0 Å². The van der Waals surface area contributed by atoms with E-state index in [1.165, 1.54) is 4.88 Å². The first-order valence-corrected chi connectivity index (χ1v) is 8.15. The number of halogens is 3. The smallest absolute Gasteiger partial charge is 0.0668 e. The van der Waals surface area contributed by atoms with Gasteiger partial charge in [-0.2, -0.15) is 0 Å². The maximum Gasteiger partial charge on any atom is 0.0668 e. The summed E-state index contributed by atoms with van der Waals surface area (Å²) in [5.74, 6) is 0. The van der Waals surface area contributed by atoms with Crippen LogP contribution in [0.15, 0.2) is 37.7 Å². The molecule has 1 aromatic carbocycles. The normalized spacial score (nSPS) is 12.8. The molecule has 90 valence electrons. The average molecular weight is 440 g/mol. The van der Waals surface area contributed by atoms with Crippen LogP contribution in [0.5, 0.6) is 0 Å². The maximum absolute atomic E-state index is 6.33. The molecular formula is C12H10Br3NS. The Morgan fingerprint density at radius 3 is 2.41 bits per heavy atom. The lowest BCUT2D eigenvalue weighted by Gasteiger charge is -2.13. The van der Waals surface area contributed by atoms with Gasteiger partial charge in [0.25, 0.3) is 0 Å². The van der Waals surface area contributed by atoms with Gasteiger partial charge in [0, 0.05) is 23.2 Å². The van der Waals surface area contributed by atoms with Crippen LogP contribution < -0.4 is 5.73 Å². The minimum atomic E-state index is -0.116. The molecule has 1 unspecified atom stereocenters. The van der Waals surface area contributed by atoms with E-state index in [2.05, 4.69) is 66.8 Å². The highest BCUT2D eigenvalue weighted by Gasteiger charge is 2.17. The van der Waals surface area contributed by atoms with Gasteiger partial charge in [-0.1, -0.05) is 31.9 Å². The molecule has 0 aliphatic rings. The Morgan fingerprint density at radius 2 is 1.82 bits per heavy atom. The molecule has 5 heteroatoms. The van der Waals surface area contributed by atoms with Gasteiger partial charge >= 0.3 is 0 Å². The fraction of sp³-hybridized carbons (Fsp3) is 0.167. The van der Waals surface area contributed by atoms with Gasteiger partial charge in [0.05, 0.1) is 6.04 Å². The molecule has 2 rings (SSSR count). The number of aryl methyl sites for hydroxylation is 1. The lowest BCUT2D eigenvalue weighted by molar-refractivity contribution is 0.882. The van der Waals surface area contributed by atoms with E-state index in [0.29, 0.717) is 0 Å². The number of nitrogens with two attached hydrogens (primary N) is 1. The lowest BCUT2D eigenvalue weighted by atomic mass is 10.1. The quantitative estimate of drug-likeness (QED) is 0.666.